The lowest BCUT2D eigenvalue weighted by Crippen LogP contribution is -2.61. The van der Waals surface area contributed by atoms with E-state index in [1.54, 1.807) is 11.8 Å². The normalized spacial score (nSPS) is 33.2. The van der Waals surface area contributed by atoms with Crippen LogP contribution in [-0.2, 0) is 16.6 Å². The van der Waals surface area contributed by atoms with E-state index in [-0.39, 0.29) is 18.4 Å². The monoisotopic (exact) mass is 549 g/mol. The average molecular weight is 550 g/mol. The highest BCUT2D eigenvalue weighted by Gasteiger charge is 2.55. The molecule has 1 amide bonds. The summed E-state index contributed by atoms with van der Waals surface area (Å²) in [6, 6.07) is 14.1. The maximum absolute atomic E-state index is 13.8. The molecule has 1 aromatic heterocycles. The van der Waals surface area contributed by atoms with Crippen molar-refractivity contribution in [3.8, 4) is 0 Å². The molecule has 5 fully saturated rings. The van der Waals surface area contributed by atoms with Gasteiger partial charge in [-0.15, -0.1) is 11.8 Å². The van der Waals surface area contributed by atoms with Crippen molar-refractivity contribution in [2.45, 2.75) is 79.9 Å². The van der Waals surface area contributed by atoms with Crippen LogP contribution in [0, 0.1) is 17.8 Å². The van der Waals surface area contributed by atoms with Crippen molar-refractivity contribution in [2.24, 2.45) is 17.8 Å². The van der Waals surface area contributed by atoms with Gasteiger partial charge in [-0.25, -0.2) is 4.98 Å². The molecule has 7 rings (SSSR count). The Bertz CT molecular complexity index is 1200. The summed E-state index contributed by atoms with van der Waals surface area (Å²) in [5.74, 6) is 1.09. The van der Waals surface area contributed by atoms with Gasteiger partial charge < -0.3 is 20.8 Å². The fourth-order valence-electron chi connectivity index (χ4n) is 8.09. The Morgan fingerprint density at radius 2 is 1.85 bits per heavy atom. The number of pyridine rings is 1. The van der Waals surface area contributed by atoms with Gasteiger partial charge in [0.1, 0.15) is 5.03 Å². The number of aromatic nitrogens is 1. The molecule has 2 unspecified atom stereocenters. The second-order valence-electron chi connectivity index (χ2n) is 12.5. The highest BCUT2D eigenvalue weighted by molar-refractivity contribution is 7.99. The predicted molar refractivity (Wildman–Crippen MR) is 151 cm³/mol. The minimum Gasteiger partial charge on any atom is -0.481 e. The van der Waals surface area contributed by atoms with Crippen LogP contribution in [0.15, 0.2) is 47.5 Å². The molecule has 1 aliphatic heterocycles. The van der Waals surface area contributed by atoms with Crippen molar-refractivity contribution in [2.75, 3.05) is 18.8 Å². The summed E-state index contributed by atoms with van der Waals surface area (Å²) >= 11 is 1.58. The van der Waals surface area contributed by atoms with Crippen LogP contribution >= 0.6 is 11.8 Å². The number of nitrogens with one attached hydrogen (secondary N) is 2. The van der Waals surface area contributed by atoms with Crippen molar-refractivity contribution >= 4 is 23.6 Å². The maximum Gasteiger partial charge on any atom is 0.304 e. The molecule has 2 aromatic rings. The lowest BCUT2D eigenvalue weighted by Gasteiger charge is -2.58. The zero-order valence-electron chi connectivity index (χ0n) is 22.4. The molecule has 8 heteroatoms. The quantitative estimate of drug-likeness (QED) is 0.347. The van der Waals surface area contributed by atoms with Gasteiger partial charge >= 0.3 is 5.97 Å². The van der Waals surface area contributed by atoms with E-state index in [1.165, 1.54) is 5.56 Å². The fraction of sp³-hybridized carbons (Fsp3) is 0.581. The standard InChI is InChI=1S/C31H39N3O4S/c35-26(36)18-30(10-4-11-32-19-30)25-8-7-24(29(33-25)39-12-9-20-5-2-1-3-6-20)28(37)34-27-22-13-21-14-23(27)17-31(38,15-21)16-22/h1-3,5-8,21-23,27,32,38H,4,9-19H2,(H,34,37)(H,35,36)/t21?,22?,23?,27-,30-,31+/m0/s1. The van der Waals surface area contributed by atoms with Crippen molar-refractivity contribution in [1.82, 2.24) is 15.6 Å². The zero-order chi connectivity index (χ0) is 27.0. The van der Waals surface area contributed by atoms with Gasteiger partial charge in [-0.05, 0) is 93.4 Å². The van der Waals surface area contributed by atoms with Crippen LogP contribution in [0.3, 0.4) is 0 Å². The van der Waals surface area contributed by atoms with E-state index >= 15 is 0 Å². The van der Waals surface area contributed by atoms with E-state index in [9.17, 15) is 19.8 Å². The predicted octanol–water partition coefficient (Wildman–Crippen LogP) is 4.18. The van der Waals surface area contributed by atoms with Crippen LogP contribution in [-0.4, -0.2) is 57.6 Å². The lowest BCUT2D eigenvalue weighted by molar-refractivity contribution is -0.138. The van der Waals surface area contributed by atoms with Gasteiger partial charge in [-0.2, -0.15) is 0 Å². The second kappa shape index (κ2) is 10.9. The van der Waals surface area contributed by atoms with Gasteiger partial charge in [0, 0.05) is 29.4 Å². The zero-order valence-corrected chi connectivity index (χ0v) is 23.2. The molecule has 1 saturated heterocycles. The first-order valence-corrected chi connectivity index (χ1v) is 15.5. The van der Waals surface area contributed by atoms with E-state index in [0.29, 0.717) is 34.9 Å². The SMILES string of the molecule is O=C(O)C[C@@]1(c2ccc(C(=O)N[C@H]3C4CC5CC3C[C@@](O)(C5)C4)c(SCCc3ccccc3)n2)CCCNC1. The molecular formula is C31H39N3O4S. The van der Waals surface area contributed by atoms with Crippen molar-refractivity contribution in [3.63, 3.8) is 0 Å². The van der Waals surface area contributed by atoms with Crippen LogP contribution in [0.4, 0.5) is 0 Å². The first kappa shape index (κ1) is 26.8. The third-order valence-corrected chi connectivity index (χ3v) is 10.6. The number of aliphatic hydroxyl groups is 1. The van der Waals surface area contributed by atoms with Crippen molar-refractivity contribution in [1.29, 1.82) is 0 Å². The number of benzene rings is 1. The third-order valence-electron chi connectivity index (χ3n) is 9.62. The average Bonchev–Trinajstić information content (AvgIpc) is 2.90. The smallest absolute Gasteiger partial charge is 0.304 e. The number of carboxylic acids is 1. The summed E-state index contributed by atoms with van der Waals surface area (Å²) in [4.78, 5) is 30.7. The van der Waals surface area contributed by atoms with Crippen LogP contribution < -0.4 is 10.6 Å². The van der Waals surface area contributed by atoms with Gasteiger partial charge in [-0.1, -0.05) is 30.3 Å². The number of amides is 1. The largest absolute Gasteiger partial charge is 0.481 e. The summed E-state index contributed by atoms with van der Waals surface area (Å²) < 4.78 is 0. The van der Waals surface area contributed by atoms with Crippen LogP contribution in [0.5, 0.6) is 0 Å². The number of aliphatic carboxylic acids is 1. The summed E-state index contributed by atoms with van der Waals surface area (Å²) in [5.41, 5.74) is 1.44. The molecule has 3 atom stereocenters. The maximum atomic E-state index is 13.8. The number of hydrogen-bond acceptors (Lipinski definition) is 6. The van der Waals surface area contributed by atoms with Gasteiger partial charge in [-0.3, -0.25) is 9.59 Å². The molecule has 4 bridgehead atoms. The van der Waals surface area contributed by atoms with Gasteiger partial charge in [0.15, 0.2) is 0 Å². The molecular weight excluding hydrogens is 510 g/mol. The number of thioether (sulfide) groups is 1. The molecule has 0 spiro atoms. The Morgan fingerprint density at radius 1 is 1.08 bits per heavy atom. The lowest BCUT2D eigenvalue weighted by atomic mass is 9.52. The fourth-order valence-corrected chi connectivity index (χ4v) is 9.10. The molecule has 4 N–H and O–H groups in total. The highest BCUT2D eigenvalue weighted by Crippen LogP contribution is 2.55. The van der Waals surface area contributed by atoms with Crippen molar-refractivity contribution < 1.29 is 19.8 Å². The summed E-state index contributed by atoms with van der Waals surface area (Å²) in [6.07, 6.45) is 7.18. The molecule has 39 heavy (non-hydrogen) atoms. The molecule has 5 aliphatic rings. The minimum absolute atomic E-state index is 0.0160. The van der Waals surface area contributed by atoms with Crippen LogP contribution in [0.1, 0.15) is 73.0 Å². The Kier molecular flexibility index (Phi) is 7.46. The molecule has 0 radical (unpaired) electrons. The Balaban J connectivity index is 1.26. The number of piperidine rings is 1. The van der Waals surface area contributed by atoms with E-state index in [2.05, 4.69) is 22.8 Å². The summed E-state index contributed by atoms with van der Waals surface area (Å²) in [7, 11) is 0. The molecule has 1 aromatic carbocycles. The van der Waals surface area contributed by atoms with E-state index in [1.807, 2.05) is 30.3 Å². The second-order valence-corrected chi connectivity index (χ2v) is 13.5. The number of carbonyl (C=O) groups excluding carboxylic acids is 1. The number of nitrogens with zero attached hydrogens (tertiary/aromatic N) is 1. The van der Waals surface area contributed by atoms with Crippen LogP contribution in [0.25, 0.3) is 0 Å². The van der Waals surface area contributed by atoms with Crippen molar-refractivity contribution in [3.05, 3.63) is 59.3 Å². The molecule has 7 nitrogen and oxygen atoms in total. The Hall–Kier alpha value is -2.42. The Labute approximate surface area is 234 Å². The number of carbonyl (C=O) groups is 2. The van der Waals surface area contributed by atoms with Crippen LogP contribution in [0.2, 0.25) is 0 Å². The van der Waals surface area contributed by atoms with E-state index in [4.69, 9.17) is 4.98 Å². The van der Waals surface area contributed by atoms with E-state index in [0.717, 1.165) is 69.4 Å². The first-order chi connectivity index (χ1) is 18.8. The van der Waals surface area contributed by atoms with Gasteiger partial charge in [0.25, 0.3) is 5.91 Å². The Morgan fingerprint density at radius 3 is 2.51 bits per heavy atom. The number of aryl methyl sites for hydroxylation is 1. The number of carboxylic acid groups (broad SMARTS) is 1. The first-order valence-electron chi connectivity index (χ1n) is 14.5. The molecule has 4 aliphatic carbocycles. The van der Waals surface area contributed by atoms with E-state index < -0.39 is 17.0 Å². The molecule has 208 valence electrons. The topological polar surface area (TPSA) is 112 Å². The number of hydrogen-bond donors (Lipinski definition) is 4. The molecule has 4 saturated carbocycles. The third kappa shape index (κ3) is 5.61. The minimum atomic E-state index is -0.829. The van der Waals surface area contributed by atoms with Gasteiger partial charge in [0.05, 0.1) is 17.6 Å². The number of rotatable bonds is 9. The molecule has 2 heterocycles. The summed E-state index contributed by atoms with van der Waals surface area (Å²) in [6.45, 7) is 1.45. The summed E-state index contributed by atoms with van der Waals surface area (Å²) in [5, 5.41) is 28.1. The highest BCUT2D eigenvalue weighted by atomic mass is 32.2. The van der Waals surface area contributed by atoms with Gasteiger partial charge in [0.2, 0.25) is 0 Å².